The topological polar surface area (TPSA) is 49.6 Å². The lowest BCUT2D eigenvalue weighted by Crippen LogP contribution is -2.48. The number of nitrogens with two attached hydrogens (primary N) is 1. The monoisotopic (exact) mass is 289 g/mol. The number of urea groups is 1. The predicted molar refractivity (Wildman–Crippen MR) is 87.6 cm³/mol. The molecule has 1 aliphatic heterocycles. The number of likely N-dealkylation sites (tertiary alicyclic amines) is 1. The van der Waals surface area contributed by atoms with Gasteiger partial charge >= 0.3 is 6.03 Å². The number of anilines is 1. The second-order valence-corrected chi connectivity index (χ2v) is 6.06. The lowest BCUT2D eigenvalue weighted by Gasteiger charge is -2.36. The summed E-state index contributed by atoms with van der Waals surface area (Å²) in [4.78, 5) is 16.8. The van der Waals surface area contributed by atoms with E-state index in [4.69, 9.17) is 5.73 Å². The van der Waals surface area contributed by atoms with Gasteiger partial charge in [0, 0.05) is 25.3 Å². The van der Waals surface area contributed by atoms with Gasteiger partial charge in [0.2, 0.25) is 0 Å². The van der Waals surface area contributed by atoms with Gasteiger partial charge in [0.05, 0.1) is 0 Å². The standard InChI is InChI=1S/C17H27N3O/c1-14-7-5-11-19(13-14)17(21)20(12-6-10-18)16-9-4-3-8-15(16)2/h3-4,8-9,14H,5-7,10-13,18H2,1-2H3. The number of hydrogen-bond donors (Lipinski definition) is 1. The number of hydrogen-bond acceptors (Lipinski definition) is 2. The number of carbonyl (C=O) groups is 1. The molecule has 116 valence electrons. The molecule has 1 aromatic rings. The molecule has 2 amide bonds. The number of rotatable bonds is 4. The van der Waals surface area contributed by atoms with Gasteiger partial charge in [-0.15, -0.1) is 0 Å². The van der Waals surface area contributed by atoms with E-state index in [-0.39, 0.29) is 6.03 Å². The number of benzene rings is 1. The van der Waals surface area contributed by atoms with Crippen molar-refractivity contribution in [3.8, 4) is 0 Å². The van der Waals surface area contributed by atoms with Gasteiger partial charge in [0.25, 0.3) is 0 Å². The first-order valence-corrected chi connectivity index (χ1v) is 7.95. The van der Waals surface area contributed by atoms with Gasteiger partial charge in [-0.05, 0) is 50.3 Å². The van der Waals surface area contributed by atoms with Crippen LogP contribution in [-0.2, 0) is 0 Å². The second kappa shape index (κ2) is 7.46. The Hall–Kier alpha value is -1.55. The largest absolute Gasteiger partial charge is 0.330 e. The molecule has 1 unspecified atom stereocenters. The van der Waals surface area contributed by atoms with E-state index in [9.17, 15) is 4.79 Å². The zero-order chi connectivity index (χ0) is 15.2. The zero-order valence-electron chi connectivity index (χ0n) is 13.2. The summed E-state index contributed by atoms with van der Waals surface area (Å²) < 4.78 is 0. The summed E-state index contributed by atoms with van der Waals surface area (Å²) in [6, 6.07) is 8.20. The molecule has 1 atom stereocenters. The molecule has 0 radical (unpaired) electrons. The van der Waals surface area contributed by atoms with E-state index >= 15 is 0 Å². The summed E-state index contributed by atoms with van der Waals surface area (Å²) >= 11 is 0. The summed E-state index contributed by atoms with van der Waals surface area (Å²) in [5.41, 5.74) is 7.78. The van der Waals surface area contributed by atoms with Gasteiger partial charge in [-0.25, -0.2) is 4.79 Å². The highest BCUT2D eigenvalue weighted by molar-refractivity contribution is 5.92. The molecule has 2 N–H and O–H groups in total. The van der Waals surface area contributed by atoms with Crippen LogP contribution in [0.5, 0.6) is 0 Å². The Labute approximate surface area is 127 Å². The number of aryl methyl sites for hydroxylation is 1. The molecule has 0 aromatic heterocycles. The minimum Gasteiger partial charge on any atom is -0.330 e. The molecule has 1 aliphatic rings. The lowest BCUT2D eigenvalue weighted by atomic mass is 10.0. The first-order valence-electron chi connectivity index (χ1n) is 7.95. The maximum atomic E-state index is 12.9. The van der Waals surface area contributed by atoms with E-state index in [0.29, 0.717) is 19.0 Å². The third kappa shape index (κ3) is 3.97. The molecule has 1 saturated heterocycles. The van der Waals surface area contributed by atoms with Crippen LogP contribution in [0, 0.1) is 12.8 Å². The Bertz CT molecular complexity index is 475. The molecule has 1 aromatic carbocycles. The third-order valence-electron chi connectivity index (χ3n) is 4.15. The van der Waals surface area contributed by atoms with Gasteiger partial charge in [0.15, 0.2) is 0 Å². The van der Waals surface area contributed by atoms with Gasteiger partial charge in [-0.1, -0.05) is 25.1 Å². The Balaban J connectivity index is 2.19. The van der Waals surface area contributed by atoms with Crippen LogP contribution < -0.4 is 10.6 Å². The molecule has 0 aliphatic carbocycles. The molecular weight excluding hydrogens is 262 g/mol. The first kappa shape index (κ1) is 15.8. The van der Waals surface area contributed by atoms with Crippen LogP contribution in [0.4, 0.5) is 10.5 Å². The summed E-state index contributed by atoms with van der Waals surface area (Å²) in [5, 5.41) is 0. The van der Waals surface area contributed by atoms with Crippen molar-refractivity contribution >= 4 is 11.7 Å². The van der Waals surface area contributed by atoms with Crippen molar-refractivity contribution in [2.45, 2.75) is 33.1 Å². The first-order chi connectivity index (χ1) is 10.1. The van der Waals surface area contributed by atoms with E-state index in [1.165, 1.54) is 6.42 Å². The highest BCUT2D eigenvalue weighted by Gasteiger charge is 2.26. The maximum Gasteiger partial charge on any atom is 0.324 e. The fourth-order valence-electron chi connectivity index (χ4n) is 2.97. The van der Waals surface area contributed by atoms with Crippen molar-refractivity contribution < 1.29 is 4.79 Å². The van der Waals surface area contributed by atoms with Crippen molar-refractivity contribution in [2.75, 3.05) is 31.1 Å². The summed E-state index contributed by atoms with van der Waals surface area (Å²) in [6.45, 7) is 7.30. The number of amides is 2. The van der Waals surface area contributed by atoms with Crippen LogP contribution in [-0.4, -0.2) is 37.1 Å². The highest BCUT2D eigenvalue weighted by Crippen LogP contribution is 2.23. The molecule has 21 heavy (non-hydrogen) atoms. The van der Waals surface area contributed by atoms with E-state index in [0.717, 1.165) is 37.2 Å². The molecule has 1 fully saturated rings. The molecule has 2 rings (SSSR count). The number of nitrogens with zero attached hydrogens (tertiary/aromatic N) is 2. The predicted octanol–water partition coefficient (Wildman–Crippen LogP) is 3.00. The van der Waals surface area contributed by atoms with Crippen LogP contribution in [0.2, 0.25) is 0 Å². The minimum atomic E-state index is 0.129. The van der Waals surface area contributed by atoms with E-state index in [1.54, 1.807) is 0 Å². The van der Waals surface area contributed by atoms with E-state index in [1.807, 2.05) is 28.0 Å². The molecule has 1 heterocycles. The normalized spacial score (nSPS) is 18.6. The van der Waals surface area contributed by atoms with Crippen molar-refractivity contribution in [2.24, 2.45) is 11.7 Å². The van der Waals surface area contributed by atoms with Gasteiger partial charge in [-0.3, -0.25) is 4.90 Å². The molecule has 4 nitrogen and oxygen atoms in total. The van der Waals surface area contributed by atoms with Gasteiger partial charge in [-0.2, -0.15) is 0 Å². The van der Waals surface area contributed by atoms with Crippen molar-refractivity contribution in [1.82, 2.24) is 4.90 Å². The number of piperidine rings is 1. The van der Waals surface area contributed by atoms with Crippen LogP contribution in [0.25, 0.3) is 0 Å². The van der Waals surface area contributed by atoms with Gasteiger partial charge < -0.3 is 10.6 Å². The Morgan fingerprint density at radius 3 is 2.86 bits per heavy atom. The highest BCUT2D eigenvalue weighted by atomic mass is 16.2. The van der Waals surface area contributed by atoms with Gasteiger partial charge in [0.1, 0.15) is 0 Å². The maximum absolute atomic E-state index is 12.9. The van der Waals surface area contributed by atoms with E-state index < -0.39 is 0 Å². The van der Waals surface area contributed by atoms with E-state index in [2.05, 4.69) is 19.9 Å². The smallest absolute Gasteiger partial charge is 0.324 e. The van der Waals surface area contributed by atoms with Crippen LogP contribution in [0.15, 0.2) is 24.3 Å². The lowest BCUT2D eigenvalue weighted by molar-refractivity contribution is 0.176. The quantitative estimate of drug-likeness (QED) is 0.926. The zero-order valence-corrected chi connectivity index (χ0v) is 13.2. The van der Waals surface area contributed by atoms with Crippen molar-refractivity contribution in [3.05, 3.63) is 29.8 Å². The fraction of sp³-hybridized carbons (Fsp3) is 0.588. The van der Waals surface area contributed by atoms with Crippen molar-refractivity contribution in [3.63, 3.8) is 0 Å². The summed E-state index contributed by atoms with van der Waals surface area (Å²) in [6.07, 6.45) is 3.14. The number of para-hydroxylation sites is 1. The average Bonchev–Trinajstić information content (AvgIpc) is 2.49. The summed E-state index contributed by atoms with van der Waals surface area (Å²) in [5.74, 6) is 0.593. The molecular formula is C17H27N3O. The third-order valence-corrected chi connectivity index (χ3v) is 4.15. The SMILES string of the molecule is Cc1ccccc1N(CCCN)C(=O)N1CCCC(C)C1. The Morgan fingerprint density at radius 1 is 1.43 bits per heavy atom. The van der Waals surface area contributed by atoms with Crippen molar-refractivity contribution in [1.29, 1.82) is 0 Å². The molecule has 4 heteroatoms. The minimum absolute atomic E-state index is 0.129. The molecule has 0 saturated carbocycles. The van der Waals surface area contributed by atoms with Crippen LogP contribution in [0.3, 0.4) is 0 Å². The fourth-order valence-corrected chi connectivity index (χ4v) is 2.97. The second-order valence-electron chi connectivity index (χ2n) is 6.06. The Kier molecular flexibility index (Phi) is 5.62. The van der Waals surface area contributed by atoms with Crippen LogP contribution >= 0.6 is 0 Å². The number of carbonyl (C=O) groups excluding carboxylic acids is 1. The Morgan fingerprint density at radius 2 is 2.19 bits per heavy atom. The average molecular weight is 289 g/mol. The summed E-state index contributed by atoms with van der Waals surface area (Å²) in [7, 11) is 0. The van der Waals surface area contributed by atoms with Crippen LogP contribution in [0.1, 0.15) is 31.7 Å². The molecule has 0 spiro atoms. The molecule has 0 bridgehead atoms.